The van der Waals surface area contributed by atoms with Gasteiger partial charge >= 0.3 is 0 Å². The fraction of sp³-hybridized carbons (Fsp3) is 0.545. The number of aryl methyl sites for hydroxylation is 1. The normalized spacial score (nSPS) is 23.4. The standard InChI is InChI=1S/C11H13F2N5/c1-7-2-9(18-10(17-7)15-6-16-18)8-3-11(12,13)5-14-4-8/h2,6,8,14H,3-5H2,1H3/t8-/m0/s1. The molecule has 1 fully saturated rings. The van der Waals surface area contributed by atoms with Crippen LogP contribution in [0.4, 0.5) is 8.78 Å². The van der Waals surface area contributed by atoms with Crippen molar-refractivity contribution in [2.75, 3.05) is 13.1 Å². The summed E-state index contributed by atoms with van der Waals surface area (Å²) in [7, 11) is 0. The van der Waals surface area contributed by atoms with Gasteiger partial charge in [-0.15, -0.1) is 0 Å². The molecule has 1 atom stereocenters. The van der Waals surface area contributed by atoms with Crippen molar-refractivity contribution >= 4 is 5.78 Å². The monoisotopic (exact) mass is 253 g/mol. The van der Waals surface area contributed by atoms with Crippen LogP contribution in [0, 0.1) is 6.92 Å². The summed E-state index contributed by atoms with van der Waals surface area (Å²) in [6.45, 7) is 2.09. The van der Waals surface area contributed by atoms with Crippen molar-refractivity contribution in [2.24, 2.45) is 0 Å². The van der Waals surface area contributed by atoms with Gasteiger partial charge in [-0.25, -0.2) is 18.3 Å². The maximum Gasteiger partial charge on any atom is 0.261 e. The van der Waals surface area contributed by atoms with E-state index in [2.05, 4.69) is 20.4 Å². The van der Waals surface area contributed by atoms with Crippen LogP contribution >= 0.6 is 0 Å². The Kier molecular flexibility index (Phi) is 2.51. The molecule has 0 unspecified atom stereocenters. The summed E-state index contributed by atoms with van der Waals surface area (Å²) in [6, 6.07) is 1.80. The lowest BCUT2D eigenvalue weighted by Gasteiger charge is -2.30. The Morgan fingerprint density at radius 2 is 2.33 bits per heavy atom. The van der Waals surface area contributed by atoms with E-state index < -0.39 is 5.92 Å². The quantitative estimate of drug-likeness (QED) is 0.828. The molecule has 7 heteroatoms. The molecule has 1 N–H and O–H groups in total. The highest BCUT2D eigenvalue weighted by molar-refractivity contribution is 5.31. The zero-order valence-electron chi connectivity index (χ0n) is 9.90. The summed E-state index contributed by atoms with van der Waals surface area (Å²) in [5.41, 5.74) is 1.50. The lowest BCUT2D eigenvalue weighted by molar-refractivity contribution is -0.0284. The minimum atomic E-state index is -2.67. The summed E-state index contributed by atoms with van der Waals surface area (Å²) >= 11 is 0. The number of alkyl halides is 2. The highest BCUT2D eigenvalue weighted by Gasteiger charge is 2.37. The SMILES string of the molecule is Cc1cc([C@@H]2CNCC(F)(F)C2)n2ncnc2n1. The van der Waals surface area contributed by atoms with Gasteiger partial charge in [-0.05, 0) is 13.0 Å². The third kappa shape index (κ3) is 1.94. The molecule has 0 spiro atoms. The number of hydrogen-bond donors (Lipinski definition) is 1. The number of fused-ring (bicyclic) bond motifs is 1. The predicted octanol–water partition coefficient (Wildman–Crippen LogP) is 1.14. The van der Waals surface area contributed by atoms with Crippen molar-refractivity contribution in [1.29, 1.82) is 0 Å². The van der Waals surface area contributed by atoms with E-state index in [1.165, 1.54) is 6.33 Å². The molecule has 2 aromatic heterocycles. The molecule has 96 valence electrons. The zero-order valence-corrected chi connectivity index (χ0v) is 9.90. The lowest BCUT2D eigenvalue weighted by Crippen LogP contribution is -2.43. The van der Waals surface area contributed by atoms with E-state index in [-0.39, 0.29) is 18.9 Å². The van der Waals surface area contributed by atoms with E-state index >= 15 is 0 Å². The number of piperidine rings is 1. The van der Waals surface area contributed by atoms with Crippen LogP contribution in [0.3, 0.4) is 0 Å². The maximum atomic E-state index is 13.4. The molecule has 0 radical (unpaired) electrons. The molecule has 1 aliphatic heterocycles. The molecule has 1 saturated heterocycles. The summed E-state index contributed by atoms with van der Waals surface area (Å²) in [5, 5.41) is 6.82. The number of aromatic nitrogens is 4. The van der Waals surface area contributed by atoms with Crippen LogP contribution in [0.25, 0.3) is 5.78 Å². The first kappa shape index (κ1) is 11.5. The number of halogens is 2. The Balaban J connectivity index is 2.05. The van der Waals surface area contributed by atoms with E-state index in [0.29, 0.717) is 12.3 Å². The molecule has 2 aromatic rings. The fourth-order valence-electron chi connectivity index (χ4n) is 2.39. The summed E-state index contributed by atoms with van der Waals surface area (Å²) in [5.74, 6) is -2.49. The molecule has 0 aliphatic carbocycles. The van der Waals surface area contributed by atoms with E-state index in [0.717, 1.165) is 11.4 Å². The van der Waals surface area contributed by atoms with Gasteiger partial charge in [0.05, 0.1) is 12.2 Å². The second-order valence-electron chi connectivity index (χ2n) is 4.68. The van der Waals surface area contributed by atoms with Crippen LogP contribution in [-0.2, 0) is 0 Å². The highest BCUT2D eigenvalue weighted by atomic mass is 19.3. The summed E-state index contributed by atoms with van der Waals surface area (Å²) < 4.78 is 28.4. The minimum absolute atomic E-state index is 0.168. The topological polar surface area (TPSA) is 55.1 Å². The smallest absolute Gasteiger partial charge is 0.261 e. The number of nitrogens with one attached hydrogen (secondary N) is 1. The van der Waals surface area contributed by atoms with Gasteiger partial charge in [-0.3, -0.25) is 0 Å². The Morgan fingerprint density at radius 1 is 1.50 bits per heavy atom. The van der Waals surface area contributed by atoms with E-state index in [4.69, 9.17) is 0 Å². The second kappa shape index (κ2) is 3.94. The van der Waals surface area contributed by atoms with Gasteiger partial charge in [0.25, 0.3) is 11.7 Å². The van der Waals surface area contributed by atoms with E-state index in [1.807, 2.05) is 6.92 Å². The largest absolute Gasteiger partial charge is 0.311 e. The first-order chi connectivity index (χ1) is 8.55. The molecule has 3 heterocycles. The van der Waals surface area contributed by atoms with Crippen LogP contribution in [0.15, 0.2) is 12.4 Å². The second-order valence-corrected chi connectivity index (χ2v) is 4.68. The minimum Gasteiger partial charge on any atom is -0.311 e. The van der Waals surface area contributed by atoms with Gasteiger partial charge in [0.15, 0.2) is 0 Å². The molecular formula is C11H13F2N5. The van der Waals surface area contributed by atoms with Crippen LogP contribution in [-0.4, -0.2) is 38.6 Å². The molecule has 0 aromatic carbocycles. The Hall–Kier alpha value is -1.63. The van der Waals surface area contributed by atoms with Crippen molar-refractivity contribution in [3.8, 4) is 0 Å². The Labute approximate surface area is 102 Å². The predicted molar refractivity (Wildman–Crippen MR) is 60.7 cm³/mol. The van der Waals surface area contributed by atoms with Crippen LogP contribution in [0.5, 0.6) is 0 Å². The number of hydrogen-bond acceptors (Lipinski definition) is 4. The first-order valence-corrected chi connectivity index (χ1v) is 5.81. The highest BCUT2D eigenvalue weighted by Crippen LogP contribution is 2.32. The Bertz CT molecular complexity index is 580. The molecule has 18 heavy (non-hydrogen) atoms. The number of rotatable bonds is 1. The van der Waals surface area contributed by atoms with Crippen molar-refractivity contribution < 1.29 is 8.78 Å². The molecule has 5 nitrogen and oxygen atoms in total. The molecule has 0 amide bonds. The zero-order chi connectivity index (χ0) is 12.8. The van der Waals surface area contributed by atoms with Crippen LogP contribution in [0.1, 0.15) is 23.7 Å². The fourth-order valence-corrected chi connectivity index (χ4v) is 2.39. The molecule has 0 saturated carbocycles. The third-order valence-electron chi connectivity index (χ3n) is 3.15. The van der Waals surface area contributed by atoms with Crippen molar-refractivity contribution in [3.63, 3.8) is 0 Å². The number of nitrogens with zero attached hydrogens (tertiary/aromatic N) is 4. The lowest BCUT2D eigenvalue weighted by atomic mass is 9.93. The van der Waals surface area contributed by atoms with Crippen LogP contribution in [0.2, 0.25) is 0 Å². The van der Waals surface area contributed by atoms with Gasteiger partial charge < -0.3 is 5.32 Å². The molecule has 0 bridgehead atoms. The average molecular weight is 253 g/mol. The van der Waals surface area contributed by atoms with Crippen LogP contribution < -0.4 is 5.32 Å². The van der Waals surface area contributed by atoms with Gasteiger partial charge in [0, 0.05) is 24.6 Å². The van der Waals surface area contributed by atoms with E-state index in [9.17, 15) is 8.78 Å². The van der Waals surface area contributed by atoms with Gasteiger partial charge in [-0.1, -0.05) is 0 Å². The van der Waals surface area contributed by atoms with Gasteiger partial charge in [0.1, 0.15) is 6.33 Å². The maximum absolute atomic E-state index is 13.4. The molecule has 1 aliphatic rings. The molecular weight excluding hydrogens is 240 g/mol. The first-order valence-electron chi connectivity index (χ1n) is 5.81. The average Bonchev–Trinajstić information content (AvgIpc) is 2.74. The Morgan fingerprint density at radius 3 is 3.11 bits per heavy atom. The van der Waals surface area contributed by atoms with Crippen molar-refractivity contribution in [1.82, 2.24) is 24.9 Å². The molecule has 3 rings (SSSR count). The third-order valence-corrected chi connectivity index (χ3v) is 3.15. The van der Waals surface area contributed by atoms with Crippen molar-refractivity contribution in [2.45, 2.75) is 25.2 Å². The van der Waals surface area contributed by atoms with Crippen molar-refractivity contribution in [3.05, 3.63) is 23.8 Å². The van der Waals surface area contributed by atoms with E-state index in [1.54, 1.807) is 10.6 Å². The van der Waals surface area contributed by atoms with Gasteiger partial charge in [-0.2, -0.15) is 10.1 Å². The summed E-state index contributed by atoms with van der Waals surface area (Å²) in [6.07, 6.45) is 1.22. The summed E-state index contributed by atoms with van der Waals surface area (Å²) in [4.78, 5) is 8.21. The van der Waals surface area contributed by atoms with Gasteiger partial charge in [0.2, 0.25) is 0 Å².